The van der Waals surface area contributed by atoms with E-state index in [2.05, 4.69) is 0 Å². The molecule has 0 radical (unpaired) electrons. The number of hydrogen-bond donors (Lipinski definition) is 1. The van der Waals surface area contributed by atoms with Crippen LogP contribution in [-0.2, 0) is 19.2 Å². The Morgan fingerprint density at radius 3 is 1.29 bits per heavy atom. The third-order valence-electron chi connectivity index (χ3n) is 1.17. The molecule has 1 N–H and O–H groups in total. The van der Waals surface area contributed by atoms with Crippen LogP contribution in [0.2, 0.25) is 0 Å². The molecule has 0 amide bonds. The van der Waals surface area contributed by atoms with Crippen LogP contribution in [0.5, 0.6) is 0 Å². The Hall–Kier alpha value is -2.16. The Balaban J connectivity index is 0. The van der Waals surface area contributed by atoms with Crippen LogP contribution in [0.25, 0.3) is 0 Å². The van der Waals surface area contributed by atoms with Crippen LogP contribution in [0, 0.1) is 0 Å². The highest BCUT2D eigenvalue weighted by molar-refractivity contribution is 5.77. The van der Waals surface area contributed by atoms with E-state index >= 15 is 0 Å². The fourth-order valence-electron chi connectivity index (χ4n) is 0.445. The van der Waals surface area contributed by atoms with E-state index in [1.165, 1.54) is 0 Å². The fraction of sp³-hybridized carbons (Fsp3) is 0.500. The van der Waals surface area contributed by atoms with Crippen molar-refractivity contribution in [2.45, 2.75) is 25.4 Å². The normalized spacial score (nSPS) is 10.6. The van der Waals surface area contributed by atoms with Crippen molar-refractivity contribution in [3.8, 4) is 0 Å². The molecule has 17 heavy (non-hydrogen) atoms. The van der Waals surface area contributed by atoms with Crippen molar-refractivity contribution in [1.29, 1.82) is 0 Å². The minimum atomic E-state index is -1.96. The van der Waals surface area contributed by atoms with E-state index in [-0.39, 0.29) is 0 Å². The molecule has 98 valence electrons. The van der Waals surface area contributed by atoms with Gasteiger partial charge in [-0.15, -0.1) is 0 Å². The van der Waals surface area contributed by atoms with Gasteiger partial charge in [-0.1, -0.05) is 0 Å². The Kier molecular flexibility index (Phi) is 9.22. The zero-order chi connectivity index (χ0) is 14.0. The molecular formula is C8H8O9-4. The maximum Gasteiger partial charge on any atom is 0.0985 e. The molecule has 0 heterocycles. The Morgan fingerprint density at radius 2 is 1.18 bits per heavy atom. The molecule has 0 fully saturated rings. The van der Waals surface area contributed by atoms with Crippen LogP contribution < -0.4 is 20.4 Å². The van der Waals surface area contributed by atoms with E-state index in [0.29, 0.717) is 0 Å². The third kappa shape index (κ3) is 16.5. The van der Waals surface area contributed by atoms with Crippen LogP contribution in [0.4, 0.5) is 0 Å². The quantitative estimate of drug-likeness (QED) is 0.477. The summed E-state index contributed by atoms with van der Waals surface area (Å²) in [7, 11) is 0. The van der Waals surface area contributed by atoms with Crippen LogP contribution >= 0.6 is 0 Å². The number of carbonyl (C=O) groups excluding carboxylic acids is 4. The summed E-state index contributed by atoms with van der Waals surface area (Å²) in [5.74, 6) is -6.16. The first-order valence-electron chi connectivity index (χ1n) is 4.15. The van der Waals surface area contributed by atoms with E-state index in [0.717, 1.165) is 0 Å². The number of aliphatic hydroxyl groups excluding tert-OH is 1. The van der Waals surface area contributed by atoms with Gasteiger partial charge in [-0.3, -0.25) is 0 Å². The molecule has 0 saturated carbocycles. The first kappa shape index (κ1) is 17.2. The topological polar surface area (TPSA) is 181 Å². The predicted octanol–water partition coefficient (Wildman–Crippen LogP) is -6.50. The standard InChI is InChI=1S/C4H6O5.C4H6O4/c5-2(4(8)9)1-3(6)7;5-3(6)1-2-4(7)8/h2,5H,1H2,(H,6,7)(H,8,9);1-2H2,(H,5,6)(H,7,8)/p-4. The predicted molar refractivity (Wildman–Crippen MR) is 39.9 cm³/mol. The number of rotatable bonds is 6. The molecule has 0 aromatic carbocycles. The second-order valence-electron chi connectivity index (χ2n) is 2.65. The zero-order valence-corrected chi connectivity index (χ0v) is 8.41. The van der Waals surface area contributed by atoms with Gasteiger partial charge < -0.3 is 44.7 Å². The number of carboxylic acid groups (broad SMARTS) is 4. The molecule has 1 atom stereocenters. The van der Waals surface area contributed by atoms with Crippen molar-refractivity contribution in [2.75, 3.05) is 0 Å². The summed E-state index contributed by atoms with van der Waals surface area (Å²) in [6, 6.07) is 0. The number of hydrogen-bond acceptors (Lipinski definition) is 9. The molecule has 0 bridgehead atoms. The van der Waals surface area contributed by atoms with Crippen LogP contribution in [0.1, 0.15) is 19.3 Å². The lowest BCUT2D eigenvalue weighted by molar-refractivity contribution is -0.323. The number of carbonyl (C=O) groups is 4. The van der Waals surface area contributed by atoms with E-state index in [1.807, 2.05) is 0 Å². The largest absolute Gasteiger partial charge is 0.550 e. The summed E-state index contributed by atoms with van der Waals surface area (Å²) in [6.07, 6.45) is -3.83. The molecule has 0 aromatic rings. The van der Waals surface area contributed by atoms with Gasteiger partial charge >= 0.3 is 0 Å². The molecule has 0 aliphatic rings. The van der Waals surface area contributed by atoms with Crippen LogP contribution in [0.3, 0.4) is 0 Å². The minimum Gasteiger partial charge on any atom is -0.550 e. The average Bonchev–Trinajstić information content (AvgIpc) is 2.14. The number of aliphatic carboxylic acids is 4. The molecule has 0 saturated heterocycles. The number of aliphatic hydroxyl groups is 1. The maximum atomic E-state index is 9.58. The van der Waals surface area contributed by atoms with Crippen molar-refractivity contribution in [3.63, 3.8) is 0 Å². The molecule has 0 aliphatic heterocycles. The van der Waals surface area contributed by atoms with Gasteiger partial charge in [0, 0.05) is 24.3 Å². The van der Waals surface area contributed by atoms with Gasteiger partial charge in [-0.05, 0) is 12.8 Å². The van der Waals surface area contributed by atoms with E-state index in [1.54, 1.807) is 0 Å². The summed E-state index contributed by atoms with van der Waals surface area (Å²) in [5, 5.41) is 46.4. The van der Waals surface area contributed by atoms with E-state index in [9.17, 15) is 39.6 Å². The zero-order valence-electron chi connectivity index (χ0n) is 8.41. The SMILES string of the molecule is O=C([O-])CC(O)C(=O)[O-].O=C([O-])CCC(=O)[O-]. The maximum absolute atomic E-state index is 9.58. The molecule has 0 spiro atoms. The van der Waals surface area contributed by atoms with Crippen LogP contribution in [0.15, 0.2) is 0 Å². The molecule has 9 nitrogen and oxygen atoms in total. The smallest absolute Gasteiger partial charge is 0.0985 e. The first-order chi connectivity index (χ1) is 7.66. The van der Waals surface area contributed by atoms with Crippen molar-refractivity contribution in [2.24, 2.45) is 0 Å². The van der Waals surface area contributed by atoms with Gasteiger partial charge in [0.25, 0.3) is 0 Å². The Morgan fingerprint density at radius 1 is 0.824 bits per heavy atom. The summed E-state index contributed by atoms with van der Waals surface area (Å²) >= 11 is 0. The first-order valence-corrected chi connectivity index (χ1v) is 4.15. The number of carboxylic acids is 4. The summed E-state index contributed by atoms with van der Waals surface area (Å²) in [5.41, 5.74) is 0. The average molecular weight is 248 g/mol. The van der Waals surface area contributed by atoms with Crippen molar-refractivity contribution in [3.05, 3.63) is 0 Å². The van der Waals surface area contributed by atoms with Gasteiger partial charge in [-0.2, -0.15) is 0 Å². The fourth-order valence-corrected chi connectivity index (χ4v) is 0.445. The lowest BCUT2D eigenvalue weighted by Crippen LogP contribution is -2.39. The van der Waals surface area contributed by atoms with Gasteiger partial charge in [0.05, 0.1) is 12.1 Å². The summed E-state index contributed by atoms with van der Waals surface area (Å²) in [6.45, 7) is 0. The molecule has 0 rings (SSSR count). The van der Waals surface area contributed by atoms with Gasteiger partial charge in [0.1, 0.15) is 0 Å². The van der Waals surface area contributed by atoms with Crippen molar-refractivity contribution >= 4 is 23.9 Å². The third-order valence-corrected chi connectivity index (χ3v) is 1.17. The highest BCUT2D eigenvalue weighted by Crippen LogP contribution is 1.85. The van der Waals surface area contributed by atoms with Crippen LogP contribution in [-0.4, -0.2) is 35.1 Å². The molecule has 1 unspecified atom stereocenters. The highest BCUT2D eigenvalue weighted by atomic mass is 16.4. The minimum absolute atomic E-state index is 0.470. The summed E-state index contributed by atoms with van der Waals surface area (Å²) < 4.78 is 0. The second kappa shape index (κ2) is 9.09. The Labute approximate surface area is 94.9 Å². The lowest BCUT2D eigenvalue weighted by atomic mass is 10.3. The van der Waals surface area contributed by atoms with Gasteiger partial charge in [0.2, 0.25) is 0 Å². The van der Waals surface area contributed by atoms with Gasteiger partial charge in [-0.25, -0.2) is 0 Å². The molecule has 0 aliphatic carbocycles. The summed E-state index contributed by atoms with van der Waals surface area (Å²) in [4.78, 5) is 38.1. The monoisotopic (exact) mass is 248 g/mol. The van der Waals surface area contributed by atoms with Crippen molar-refractivity contribution in [1.82, 2.24) is 0 Å². The van der Waals surface area contributed by atoms with Crippen molar-refractivity contribution < 1.29 is 44.7 Å². The Bertz CT molecular complexity index is 281. The van der Waals surface area contributed by atoms with E-state index in [4.69, 9.17) is 5.11 Å². The van der Waals surface area contributed by atoms with Gasteiger partial charge in [0.15, 0.2) is 0 Å². The highest BCUT2D eigenvalue weighted by Gasteiger charge is 2.03. The lowest BCUT2D eigenvalue weighted by Gasteiger charge is -2.10. The second-order valence-corrected chi connectivity index (χ2v) is 2.65. The molecule has 9 heteroatoms. The molecular weight excluding hydrogens is 240 g/mol. The molecule has 0 aromatic heterocycles. The van der Waals surface area contributed by atoms with E-state index < -0.39 is 49.2 Å².